The molecule has 106 valence electrons. The van der Waals surface area contributed by atoms with Crippen molar-refractivity contribution in [3.63, 3.8) is 0 Å². The fourth-order valence-electron chi connectivity index (χ4n) is 2.44. The number of benzene rings is 2. The van der Waals surface area contributed by atoms with E-state index >= 15 is 0 Å². The Bertz CT molecular complexity index is 794. The number of rotatable bonds is 4. The maximum Gasteiger partial charge on any atom is 0.272 e. The highest BCUT2D eigenvalue weighted by molar-refractivity contribution is 5.81. The van der Waals surface area contributed by atoms with E-state index in [4.69, 9.17) is 4.42 Å². The number of hydrogen-bond acceptors (Lipinski definition) is 4. The Balaban J connectivity index is 1.93. The molecule has 5 heteroatoms. The highest BCUT2D eigenvalue weighted by atomic mass is 16.6. The number of aliphatic hydroxyl groups excluding tert-OH is 1. The molecule has 1 aromatic heterocycles. The Labute approximate surface area is 120 Å². The summed E-state index contributed by atoms with van der Waals surface area (Å²) in [4.78, 5) is 10.6. The van der Waals surface area contributed by atoms with E-state index in [0.717, 1.165) is 5.39 Å². The summed E-state index contributed by atoms with van der Waals surface area (Å²) < 4.78 is 5.39. The van der Waals surface area contributed by atoms with Crippen molar-refractivity contribution in [3.8, 4) is 0 Å². The molecule has 1 N–H and O–H groups in total. The summed E-state index contributed by atoms with van der Waals surface area (Å²) in [5.74, 6) is 0. The molecule has 0 spiro atoms. The molecule has 0 amide bonds. The first-order chi connectivity index (χ1) is 10.2. The maximum absolute atomic E-state index is 11.0. The van der Waals surface area contributed by atoms with Gasteiger partial charge in [0.1, 0.15) is 5.58 Å². The Morgan fingerprint density at radius 2 is 1.86 bits per heavy atom. The molecule has 1 heterocycles. The van der Waals surface area contributed by atoms with Crippen molar-refractivity contribution in [1.82, 2.24) is 0 Å². The van der Waals surface area contributed by atoms with Crippen LogP contribution in [0.2, 0.25) is 0 Å². The van der Waals surface area contributed by atoms with Crippen molar-refractivity contribution >= 4 is 16.7 Å². The van der Waals surface area contributed by atoms with Crippen molar-refractivity contribution in [2.24, 2.45) is 0 Å². The Kier molecular flexibility index (Phi) is 3.41. The molecule has 0 fully saturated rings. The predicted molar refractivity (Wildman–Crippen MR) is 78.0 cm³/mol. The van der Waals surface area contributed by atoms with Crippen molar-refractivity contribution in [1.29, 1.82) is 0 Å². The van der Waals surface area contributed by atoms with Crippen LogP contribution in [-0.4, -0.2) is 10.0 Å². The van der Waals surface area contributed by atoms with E-state index < -0.39 is 11.0 Å². The van der Waals surface area contributed by atoms with Crippen LogP contribution in [0.15, 0.2) is 59.2 Å². The molecule has 0 aliphatic carbocycles. The normalized spacial score (nSPS) is 12.4. The van der Waals surface area contributed by atoms with Crippen LogP contribution >= 0.6 is 0 Å². The molecule has 3 aromatic rings. The van der Waals surface area contributed by atoms with E-state index in [1.165, 1.54) is 12.3 Å². The van der Waals surface area contributed by atoms with Gasteiger partial charge in [-0.2, -0.15) is 0 Å². The van der Waals surface area contributed by atoms with Crippen LogP contribution in [0.1, 0.15) is 17.2 Å². The summed E-state index contributed by atoms with van der Waals surface area (Å²) in [6.45, 7) is 0. The van der Waals surface area contributed by atoms with Crippen LogP contribution in [0.5, 0.6) is 0 Å². The zero-order chi connectivity index (χ0) is 14.8. The molecular formula is C16H13NO4. The van der Waals surface area contributed by atoms with Gasteiger partial charge in [-0.25, -0.2) is 0 Å². The third-order valence-electron chi connectivity index (χ3n) is 3.47. The van der Waals surface area contributed by atoms with Crippen LogP contribution in [0.4, 0.5) is 5.69 Å². The third kappa shape index (κ3) is 2.51. The van der Waals surface area contributed by atoms with E-state index in [1.807, 2.05) is 24.3 Å². The fourth-order valence-corrected chi connectivity index (χ4v) is 2.44. The first kappa shape index (κ1) is 13.3. The molecule has 21 heavy (non-hydrogen) atoms. The zero-order valence-electron chi connectivity index (χ0n) is 11.1. The van der Waals surface area contributed by atoms with Gasteiger partial charge in [0, 0.05) is 29.0 Å². The highest BCUT2D eigenvalue weighted by Crippen LogP contribution is 2.30. The number of nitro groups is 1. The number of hydrogen-bond donors (Lipinski definition) is 1. The standard InChI is InChI=1S/C16H13NO4/c18-15(9-11-5-1-3-7-14(11)17(19)20)13-10-21-16-8-4-2-6-12(13)16/h1-8,10,15,18H,9H2. The van der Waals surface area contributed by atoms with Crippen molar-refractivity contribution < 1.29 is 14.4 Å². The van der Waals surface area contributed by atoms with E-state index in [-0.39, 0.29) is 12.1 Å². The van der Waals surface area contributed by atoms with Crippen LogP contribution in [-0.2, 0) is 6.42 Å². The number of nitro benzene ring substituents is 1. The summed E-state index contributed by atoms with van der Waals surface area (Å²) in [5.41, 5.74) is 1.85. The average molecular weight is 283 g/mol. The maximum atomic E-state index is 11.0. The van der Waals surface area contributed by atoms with Crippen molar-refractivity contribution in [2.75, 3.05) is 0 Å². The summed E-state index contributed by atoms with van der Waals surface area (Å²) >= 11 is 0. The van der Waals surface area contributed by atoms with E-state index in [1.54, 1.807) is 18.2 Å². The molecule has 3 rings (SSSR count). The monoisotopic (exact) mass is 283 g/mol. The van der Waals surface area contributed by atoms with Crippen molar-refractivity contribution in [2.45, 2.75) is 12.5 Å². The number of para-hydroxylation sites is 2. The molecule has 5 nitrogen and oxygen atoms in total. The lowest BCUT2D eigenvalue weighted by Gasteiger charge is -2.09. The minimum absolute atomic E-state index is 0.0179. The highest BCUT2D eigenvalue weighted by Gasteiger charge is 2.19. The van der Waals surface area contributed by atoms with Gasteiger partial charge in [-0.15, -0.1) is 0 Å². The molecule has 0 bridgehead atoms. The molecule has 1 atom stereocenters. The van der Waals surface area contributed by atoms with Gasteiger partial charge in [-0.1, -0.05) is 36.4 Å². The fraction of sp³-hybridized carbons (Fsp3) is 0.125. The zero-order valence-corrected chi connectivity index (χ0v) is 11.1. The number of aliphatic hydroxyl groups is 1. The van der Waals surface area contributed by atoms with Crippen LogP contribution < -0.4 is 0 Å². The second kappa shape index (κ2) is 5.38. The van der Waals surface area contributed by atoms with Crippen molar-refractivity contribution in [3.05, 3.63) is 76.0 Å². The second-order valence-corrected chi connectivity index (χ2v) is 4.79. The van der Waals surface area contributed by atoms with Gasteiger partial charge in [0.05, 0.1) is 17.3 Å². The lowest BCUT2D eigenvalue weighted by atomic mass is 10.00. The Hall–Kier alpha value is -2.66. The molecule has 2 aromatic carbocycles. The first-order valence-electron chi connectivity index (χ1n) is 6.53. The quantitative estimate of drug-likeness (QED) is 0.586. The Morgan fingerprint density at radius 1 is 1.14 bits per heavy atom. The van der Waals surface area contributed by atoms with Gasteiger partial charge >= 0.3 is 0 Å². The number of fused-ring (bicyclic) bond motifs is 1. The largest absolute Gasteiger partial charge is 0.464 e. The van der Waals surface area contributed by atoms with E-state index in [2.05, 4.69) is 0 Å². The summed E-state index contributed by atoms with van der Waals surface area (Å²) in [6, 6.07) is 13.8. The van der Waals surface area contributed by atoms with Crippen LogP contribution in [0.25, 0.3) is 11.0 Å². The molecule has 0 saturated heterocycles. The van der Waals surface area contributed by atoms with E-state index in [9.17, 15) is 15.2 Å². The number of nitrogens with zero attached hydrogens (tertiary/aromatic N) is 1. The average Bonchev–Trinajstić information content (AvgIpc) is 2.91. The van der Waals surface area contributed by atoms with Crippen LogP contribution in [0, 0.1) is 10.1 Å². The van der Waals surface area contributed by atoms with Gasteiger partial charge in [-0.3, -0.25) is 10.1 Å². The predicted octanol–water partition coefficient (Wildman–Crippen LogP) is 3.62. The summed E-state index contributed by atoms with van der Waals surface area (Å²) in [6.07, 6.45) is 0.819. The van der Waals surface area contributed by atoms with Gasteiger partial charge in [-0.05, 0) is 6.07 Å². The second-order valence-electron chi connectivity index (χ2n) is 4.79. The van der Waals surface area contributed by atoms with Gasteiger partial charge in [0.2, 0.25) is 0 Å². The lowest BCUT2D eigenvalue weighted by molar-refractivity contribution is -0.385. The molecular weight excluding hydrogens is 270 g/mol. The Morgan fingerprint density at radius 3 is 2.67 bits per heavy atom. The van der Waals surface area contributed by atoms with Gasteiger partial charge in [0.25, 0.3) is 5.69 Å². The van der Waals surface area contributed by atoms with Crippen LogP contribution in [0.3, 0.4) is 0 Å². The van der Waals surface area contributed by atoms with Gasteiger partial charge < -0.3 is 9.52 Å². The molecule has 0 aliphatic rings. The third-order valence-corrected chi connectivity index (χ3v) is 3.47. The van der Waals surface area contributed by atoms with E-state index in [0.29, 0.717) is 16.7 Å². The summed E-state index contributed by atoms with van der Waals surface area (Å²) in [7, 11) is 0. The molecule has 0 aliphatic heterocycles. The molecule has 1 unspecified atom stereocenters. The molecule has 0 radical (unpaired) electrons. The lowest BCUT2D eigenvalue weighted by Crippen LogP contribution is -2.03. The SMILES string of the molecule is O=[N+]([O-])c1ccccc1CC(O)c1coc2ccccc12. The molecule has 0 saturated carbocycles. The summed E-state index contributed by atoms with van der Waals surface area (Å²) in [5, 5.41) is 22.2. The minimum Gasteiger partial charge on any atom is -0.464 e. The van der Waals surface area contributed by atoms with Gasteiger partial charge in [0.15, 0.2) is 0 Å². The number of furan rings is 1. The minimum atomic E-state index is -0.852. The smallest absolute Gasteiger partial charge is 0.272 e. The first-order valence-corrected chi connectivity index (χ1v) is 6.53. The topological polar surface area (TPSA) is 76.5 Å².